The van der Waals surface area contributed by atoms with Crippen LogP contribution in [-0.4, -0.2) is 52.8 Å². The van der Waals surface area contributed by atoms with Gasteiger partial charge in [-0.15, -0.1) is 0 Å². The smallest absolute Gasteiger partial charge is 0.224 e. The van der Waals surface area contributed by atoms with Crippen molar-refractivity contribution in [1.82, 2.24) is 10.2 Å². The number of phenols is 1. The highest BCUT2D eigenvalue weighted by atomic mass is 35.5. The van der Waals surface area contributed by atoms with Gasteiger partial charge < -0.3 is 20.4 Å². The Bertz CT molecular complexity index is 985. The van der Waals surface area contributed by atoms with E-state index in [9.17, 15) is 15.0 Å². The highest BCUT2D eigenvalue weighted by Gasteiger charge is 2.57. The molecule has 0 spiro atoms. The number of hydrogen-bond donors (Lipinski definition) is 3. The zero-order valence-electron chi connectivity index (χ0n) is 17.6. The van der Waals surface area contributed by atoms with Gasteiger partial charge in [0.25, 0.3) is 0 Å². The Morgan fingerprint density at radius 2 is 2.00 bits per heavy atom. The summed E-state index contributed by atoms with van der Waals surface area (Å²) >= 11 is 12.0. The van der Waals surface area contributed by atoms with Crippen LogP contribution in [0.25, 0.3) is 0 Å². The average molecular weight is 463 g/mol. The Morgan fingerprint density at radius 1 is 1.19 bits per heavy atom. The van der Waals surface area contributed by atoms with Gasteiger partial charge in [-0.2, -0.15) is 0 Å². The van der Waals surface area contributed by atoms with E-state index in [2.05, 4.69) is 10.2 Å². The van der Waals surface area contributed by atoms with Gasteiger partial charge in [0.15, 0.2) is 0 Å². The standard InChI is InChI=1S/C24H28Cl2N2O3/c1-28-10-9-23(17-3-2-4-19(29)13-17)14-18(7-8-24(23,31)15-28)27-22(30)12-16-5-6-20(25)21(26)11-16/h2-6,11,13,18,29,31H,7-10,12,14-15H2,1H3,(H,27,30)/t18-,23?,24?/m1/s1. The lowest BCUT2D eigenvalue weighted by molar-refractivity contribution is -0.131. The van der Waals surface area contributed by atoms with Crippen molar-refractivity contribution in [3.8, 4) is 5.75 Å². The third kappa shape index (κ3) is 4.42. The fourth-order valence-corrected chi connectivity index (χ4v) is 5.73. The van der Waals surface area contributed by atoms with Crippen LogP contribution in [0.5, 0.6) is 5.75 Å². The Labute approximate surface area is 193 Å². The van der Waals surface area contributed by atoms with Crippen LogP contribution in [0, 0.1) is 0 Å². The van der Waals surface area contributed by atoms with Gasteiger partial charge in [0.2, 0.25) is 5.91 Å². The Kier molecular flexibility index (Phi) is 6.23. The molecule has 1 amide bonds. The predicted octanol–water partition coefficient (Wildman–Crippen LogP) is 3.91. The van der Waals surface area contributed by atoms with Crippen LogP contribution in [0.2, 0.25) is 10.0 Å². The molecule has 4 rings (SSSR count). The number of aromatic hydroxyl groups is 1. The van der Waals surface area contributed by atoms with E-state index in [0.29, 0.717) is 35.9 Å². The zero-order chi connectivity index (χ0) is 22.2. The summed E-state index contributed by atoms with van der Waals surface area (Å²) in [7, 11) is 2.02. The maximum atomic E-state index is 12.8. The lowest BCUT2D eigenvalue weighted by Crippen LogP contribution is -2.66. The van der Waals surface area contributed by atoms with Gasteiger partial charge in [-0.05, 0) is 74.7 Å². The van der Waals surface area contributed by atoms with E-state index in [0.717, 1.165) is 24.1 Å². The average Bonchev–Trinajstić information content (AvgIpc) is 2.71. The number of carbonyl (C=O) groups excluding carboxylic acids is 1. The molecule has 0 aromatic heterocycles. The monoisotopic (exact) mass is 462 g/mol. The molecule has 1 saturated carbocycles. The molecule has 0 bridgehead atoms. The van der Waals surface area contributed by atoms with E-state index < -0.39 is 11.0 Å². The van der Waals surface area contributed by atoms with Gasteiger partial charge in [-0.3, -0.25) is 4.79 Å². The number of β-amino-alcohol motifs (C(OH)–C–C–N with tert-alkyl or cyclic N) is 1. The van der Waals surface area contributed by atoms with Gasteiger partial charge in [-0.1, -0.05) is 41.4 Å². The maximum absolute atomic E-state index is 12.8. The highest BCUT2D eigenvalue weighted by Crippen LogP contribution is 2.51. The number of carbonyl (C=O) groups is 1. The number of fused-ring (bicyclic) bond motifs is 1. The first-order valence-corrected chi connectivity index (χ1v) is 11.4. The molecule has 7 heteroatoms. The number of nitrogens with one attached hydrogen (secondary N) is 1. The SMILES string of the molecule is CN1CCC2(c3cccc(O)c3)C[C@H](NC(=O)Cc3ccc(Cl)c(Cl)c3)CCC2(O)C1. The molecule has 31 heavy (non-hydrogen) atoms. The first kappa shape index (κ1) is 22.4. The van der Waals surface area contributed by atoms with Gasteiger partial charge >= 0.3 is 0 Å². The second-order valence-corrected chi connectivity index (χ2v) is 9.90. The Hall–Kier alpha value is -1.79. The summed E-state index contributed by atoms with van der Waals surface area (Å²) in [5.41, 5.74) is 0.323. The van der Waals surface area contributed by atoms with Gasteiger partial charge in [0.05, 0.1) is 22.1 Å². The summed E-state index contributed by atoms with van der Waals surface area (Å²) < 4.78 is 0. The fourth-order valence-electron chi connectivity index (χ4n) is 5.41. The van der Waals surface area contributed by atoms with Crippen molar-refractivity contribution < 1.29 is 15.0 Å². The highest BCUT2D eigenvalue weighted by molar-refractivity contribution is 6.42. The van der Waals surface area contributed by atoms with Gasteiger partial charge in [-0.25, -0.2) is 0 Å². The molecule has 3 atom stereocenters. The molecule has 166 valence electrons. The molecule has 5 nitrogen and oxygen atoms in total. The summed E-state index contributed by atoms with van der Waals surface area (Å²) in [6, 6.07) is 12.4. The van der Waals surface area contributed by atoms with Crippen LogP contribution in [-0.2, 0) is 16.6 Å². The van der Waals surface area contributed by atoms with Crippen molar-refractivity contribution in [3.05, 3.63) is 63.6 Å². The number of aliphatic hydroxyl groups is 1. The third-order valence-corrected chi connectivity index (χ3v) is 7.70. The van der Waals surface area contributed by atoms with E-state index in [1.165, 1.54) is 0 Å². The molecule has 2 aromatic rings. The van der Waals surface area contributed by atoms with Crippen LogP contribution >= 0.6 is 23.2 Å². The molecule has 1 saturated heterocycles. The van der Waals surface area contributed by atoms with Crippen LogP contribution < -0.4 is 5.32 Å². The lowest BCUT2D eigenvalue weighted by atomic mass is 9.55. The van der Waals surface area contributed by atoms with Crippen LogP contribution in [0.3, 0.4) is 0 Å². The molecule has 2 unspecified atom stereocenters. The predicted molar refractivity (Wildman–Crippen MR) is 123 cm³/mol. The molecule has 2 fully saturated rings. The topological polar surface area (TPSA) is 72.8 Å². The van der Waals surface area contributed by atoms with Crippen molar-refractivity contribution in [2.24, 2.45) is 0 Å². The van der Waals surface area contributed by atoms with E-state index in [1.807, 2.05) is 19.2 Å². The van der Waals surface area contributed by atoms with E-state index >= 15 is 0 Å². The summed E-state index contributed by atoms with van der Waals surface area (Å²) in [5.74, 6) is 0.117. The molecule has 1 aliphatic heterocycles. The normalized spacial score (nSPS) is 28.7. The quantitative estimate of drug-likeness (QED) is 0.643. The molecule has 0 radical (unpaired) electrons. The van der Waals surface area contributed by atoms with Crippen molar-refractivity contribution in [2.75, 3.05) is 20.1 Å². The summed E-state index contributed by atoms with van der Waals surface area (Å²) in [6.07, 6.45) is 2.92. The summed E-state index contributed by atoms with van der Waals surface area (Å²) in [6.45, 7) is 1.43. The summed E-state index contributed by atoms with van der Waals surface area (Å²) in [4.78, 5) is 14.9. The molecular weight excluding hydrogens is 435 g/mol. The number of halogens is 2. The van der Waals surface area contributed by atoms with Crippen molar-refractivity contribution in [3.63, 3.8) is 0 Å². The minimum Gasteiger partial charge on any atom is -0.508 e. The van der Waals surface area contributed by atoms with Crippen LogP contribution in [0.4, 0.5) is 0 Å². The van der Waals surface area contributed by atoms with E-state index in [1.54, 1.807) is 30.3 Å². The van der Waals surface area contributed by atoms with Gasteiger partial charge in [0.1, 0.15) is 5.75 Å². The van der Waals surface area contributed by atoms with Crippen molar-refractivity contribution in [1.29, 1.82) is 0 Å². The minimum absolute atomic E-state index is 0.0543. The number of likely N-dealkylation sites (tertiary alicyclic amines) is 1. The number of benzene rings is 2. The molecular formula is C24H28Cl2N2O3. The number of likely N-dealkylation sites (N-methyl/N-ethyl adjacent to an activating group) is 1. The second-order valence-electron chi connectivity index (χ2n) is 9.08. The fraction of sp³-hybridized carbons (Fsp3) is 0.458. The number of amides is 1. The molecule has 2 aromatic carbocycles. The number of piperidine rings is 1. The minimum atomic E-state index is -0.904. The lowest BCUT2D eigenvalue weighted by Gasteiger charge is -2.57. The van der Waals surface area contributed by atoms with E-state index in [4.69, 9.17) is 23.2 Å². The number of hydrogen-bond acceptors (Lipinski definition) is 4. The first-order chi connectivity index (χ1) is 14.7. The first-order valence-electron chi connectivity index (χ1n) is 10.6. The van der Waals surface area contributed by atoms with Crippen LogP contribution in [0.15, 0.2) is 42.5 Å². The van der Waals surface area contributed by atoms with Crippen LogP contribution in [0.1, 0.15) is 36.8 Å². The number of nitrogens with zero attached hydrogens (tertiary/aromatic N) is 1. The number of phenolic OH excluding ortho intramolecular Hbond substituents is 1. The Morgan fingerprint density at radius 3 is 2.74 bits per heavy atom. The second kappa shape index (κ2) is 8.62. The maximum Gasteiger partial charge on any atom is 0.224 e. The molecule has 1 aliphatic carbocycles. The molecule has 3 N–H and O–H groups in total. The number of rotatable bonds is 4. The van der Waals surface area contributed by atoms with E-state index in [-0.39, 0.29) is 24.1 Å². The van der Waals surface area contributed by atoms with Crippen molar-refractivity contribution >= 4 is 29.1 Å². The summed E-state index contributed by atoms with van der Waals surface area (Å²) in [5, 5.41) is 25.9. The molecule has 1 heterocycles. The van der Waals surface area contributed by atoms with Gasteiger partial charge in [0, 0.05) is 18.0 Å². The Balaban J connectivity index is 1.55. The zero-order valence-corrected chi connectivity index (χ0v) is 19.1. The van der Waals surface area contributed by atoms with Crippen molar-refractivity contribution in [2.45, 2.75) is 49.2 Å². The molecule has 2 aliphatic rings. The third-order valence-electron chi connectivity index (χ3n) is 6.96. The largest absolute Gasteiger partial charge is 0.508 e.